The number of aromatic hydroxyl groups is 3. The molecular weight excluding hydrogens is 1940 g/mol. The van der Waals surface area contributed by atoms with Crippen molar-refractivity contribution >= 4 is 212 Å². The van der Waals surface area contributed by atoms with Gasteiger partial charge in [0.15, 0.2) is 34.4 Å². The van der Waals surface area contributed by atoms with E-state index in [0.717, 1.165) is 0 Å². The van der Waals surface area contributed by atoms with E-state index in [1.54, 1.807) is 44.4 Å². The predicted molar refractivity (Wildman–Crippen MR) is 303 cm³/mol. The molecule has 0 bridgehead atoms. The number of rotatable bonds is 5. The normalized spacial score (nSPS) is 12.0. The number of aryl methyl sites for hydroxylation is 2. The molecule has 6 heterocycles. The van der Waals surface area contributed by atoms with Crippen molar-refractivity contribution in [3.05, 3.63) is 98.2 Å². The van der Waals surface area contributed by atoms with Crippen LogP contribution in [0.25, 0.3) is 11.3 Å². The van der Waals surface area contributed by atoms with Gasteiger partial charge in [-0.2, -0.15) is 0 Å². The number of pyridine rings is 3. The van der Waals surface area contributed by atoms with E-state index in [0.29, 0.717) is 82.9 Å². The molecule has 1 unspecified atom stereocenters. The number of hydrogen-bond donors (Lipinski definition) is 4. The number of anilines is 1. The van der Waals surface area contributed by atoms with Gasteiger partial charge in [-0.3, -0.25) is 28.0 Å². The van der Waals surface area contributed by atoms with Crippen molar-refractivity contribution in [3.8, 4) is 17.2 Å². The van der Waals surface area contributed by atoms with Crippen molar-refractivity contribution in [1.82, 2.24) is 23.8 Å². The number of Topliss-reactive ketones (excluding diaryl/α,β-unsaturated/α-hetero) is 1. The molecule has 6 rings (SSSR count). The standard InChI is InChI=1S/2C11H11ClN2O2.C6H8O3.C5H6N2O.CH3I.I3.5HI.2V/c2*1-7-8(4-5-12)11(16)14-6-2-3-9(15)10(14)13-7;1-4(7)5-2-3-9-6(5)8;6-5-4(8)2-1-3-7-5;1-2;1-3-2;;;;;;;/h2*2-3,6,15H,4-5H2,1H3;5H,2-3H2,1H3;1-3,8H,(H2,6,7);1H3;;5*1H;;/q;;;;;-1;;;;;;+2;+3/p-5. The molecule has 0 amide bonds. The topological polar surface area (TPSA) is 212 Å². The minimum atomic E-state index is -0.468. The second-order valence-electron chi connectivity index (χ2n) is 10.9. The van der Waals surface area contributed by atoms with Gasteiger partial charge in [0.1, 0.15) is 11.7 Å². The Hall–Kier alpha value is 2.53. The molecule has 14 nitrogen and oxygen atoms in total. The molecule has 1 saturated heterocycles. The van der Waals surface area contributed by atoms with E-state index in [4.69, 9.17) is 34.0 Å². The van der Waals surface area contributed by atoms with Crippen molar-refractivity contribution < 1.29 is 57.3 Å². The average Bonchev–Trinajstić information content (AvgIpc) is 3.65. The molecule has 27 heteroatoms. The number of aromatic nitrogens is 5. The van der Waals surface area contributed by atoms with Gasteiger partial charge >= 0.3 is 171 Å². The number of ketones is 1. The summed E-state index contributed by atoms with van der Waals surface area (Å²) in [7, 11) is 0.628. The zero-order valence-corrected chi connectivity index (χ0v) is 56.0. The second kappa shape index (κ2) is 39.4. The van der Waals surface area contributed by atoms with Gasteiger partial charge in [0, 0.05) is 59.3 Å². The molecule has 0 aliphatic carbocycles. The molecule has 5 aromatic heterocycles. The van der Waals surface area contributed by atoms with E-state index in [1.807, 2.05) is 4.93 Å². The van der Waals surface area contributed by atoms with Crippen molar-refractivity contribution in [2.45, 2.75) is 40.0 Å². The number of alkyl halides is 3. The van der Waals surface area contributed by atoms with E-state index in [-0.39, 0.29) is 62.2 Å². The Balaban J connectivity index is 0. The monoisotopic (exact) mass is 1970 g/mol. The number of ether oxygens (including phenoxy) is 1. The third-order valence-corrected chi connectivity index (χ3v) is 7.58. The summed E-state index contributed by atoms with van der Waals surface area (Å²) in [6.07, 6.45) is 6.22. The molecule has 61 heavy (non-hydrogen) atoms. The fourth-order valence-corrected chi connectivity index (χ4v) is 5.00. The molecule has 1 aliphatic heterocycles. The first kappa shape index (κ1) is 65.6. The molecule has 1 atom stereocenters. The third kappa shape index (κ3) is 26.2. The third-order valence-electron chi connectivity index (χ3n) is 7.20. The molecule has 0 spiro atoms. The van der Waals surface area contributed by atoms with E-state index in [1.165, 1.54) is 40.1 Å². The van der Waals surface area contributed by atoms with Gasteiger partial charge in [-0.1, -0.05) is 22.6 Å². The first-order valence-corrected chi connectivity index (χ1v) is 54.7. The van der Waals surface area contributed by atoms with Crippen LogP contribution < -0.4 is 30.1 Å². The van der Waals surface area contributed by atoms with Gasteiger partial charge in [-0.15, -0.1) is 23.2 Å². The Labute approximate surface area is 474 Å². The van der Waals surface area contributed by atoms with E-state index < -0.39 is 5.92 Å². The van der Waals surface area contributed by atoms with Crippen molar-refractivity contribution in [2.24, 2.45) is 5.92 Å². The molecule has 5 aromatic rings. The van der Waals surface area contributed by atoms with Crippen LogP contribution in [0.5, 0.6) is 17.2 Å². The molecule has 5 N–H and O–H groups in total. The van der Waals surface area contributed by atoms with Gasteiger partial charge in [0.2, 0.25) is 0 Å². The zero-order chi connectivity index (χ0) is 47.2. The fourth-order valence-electron chi connectivity index (χ4n) is 4.62. The predicted octanol–water partition coefficient (Wildman–Crippen LogP) is 7.74. The van der Waals surface area contributed by atoms with Crippen LogP contribution in [0.4, 0.5) is 5.82 Å². The first-order chi connectivity index (χ1) is 28.9. The van der Waals surface area contributed by atoms with Crippen molar-refractivity contribution in [3.63, 3.8) is 0 Å². The Morgan fingerprint density at radius 2 is 1.25 bits per heavy atom. The Morgan fingerprint density at radius 3 is 1.51 bits per heavy atom. The van der Waals surface area contributed by atoms with Crippen LogP contribution in [-0.4, -0.2) is 74.1 Å². The number of nitrogen functional groups attached to an aromatic ring is 1. The van der Waals surface area contributed by atoms with Crippen LogP contribution in [0.3, 0.4) is 0 Å². The van der Waals surface area contributed by atoms with E-state index in [9.17, 15) is 29.4 Å². The molecule has 0 radical (unpaired) electrons. The van der Waals surface area contributed by atoms with Gasteiger partial charge in [-0.05, 0) is 74.9 Å². The average molecular weight is 1970 g/mol. The van der Waals surface area contributed by atoms with Crippen LogP contribution in [-0.2, 0) is 41.6 Å². The van der Waals surface area contributed by atoms with Crippen LogP contribution >= 0.6 is 183 Å². The molecule has 1 aliphatic rings. The van der Waals surface area contributed by atoms with E-state index >= 15 is 0 Å². The summed E-state index contributed by atoms with van der Waals surface area (Å²) in [4.78, 5) is 58.9. The molecular formula is C34H39Cl2I9N6O8V2-. The van der Waals surface area contributed by atoms with Crippen LogP contribution in [0.15, 0.2) is 64.6 Å². The molecule has 0 aromatic carbocycles. The van der Waals surface area contributed by atoms with Gasteiger partial charge in [0.25, 0.3) is 11.1 Å². The number of nitrogens with two attached hydrogens (primary N) is 1. The first-order valence-electron chi connectivity index (χ1n) is 16.4. The number of carbonyl (C=O) groups excluding carboxylic acids is 2. The minimum absolute atomic E-state index is 0.000114. The quantitative estimate of drug-likeness (QED) is 0.0577. The number of carbonyl (C=O) groups is 2. The zero-order valence-electron chi connectivity index (χ0n) is 32.3. The van der Waals surface area contributed by atoms with Gasteiger partial charge in [-0.25, -0.2) is 15.0 Å². The maximum atomic E-state index is 12.0. The molecule has 341 valence electrons. The number of esters is 1. The van der Waals surface area contributed by atoms with Gasteiger partial charge in [0.05, 0.1) is 6.61 Å². The van der Waals surface area contributed by atoms with Crippen LogP contribution in [0.2, 0.25) is 0 Å². The SMILES string of the molecule is CC(=O)C1CCOC1=O.CI.Cc1nc2c(O)cccn2c(=O)c1CCCl.Cc1nc2c(O)cccn2c(=O)c1CCCl.I[I-]I.Nc1ncccc1O.[I][V]([I])[I].[I][V][I]. The second-order valence-corrected chi connectivity index (χ2v) is 75.0. The number of hydrogen-bond acceptors (Lipinski definition) is 12. The summed E-state index contributed by atoms with van der Waals surface area (Å²) >= 11 is 30.8. The van der Waals surface area contributed by atoms with Crippen molar-refractivity contribution in [1.29, 1.82) is 0 Å². The summed E-state index contributed by atoms with van der Waals surface area (Å²) in [6.45, 7) is 5.31. The van der Waals surface area contributed by atoms with Gasteiger partial charge < -0.3 is 25.8 Å². The summed E-state index contributed by atoms with van der Waals surface area (Å²) in [5.41, 5.74) is 7.81. The summed E-state index contributed by atoms with van der Waals surface area (Å²) in [5.74, 6) is 0.0518. The number of cyclic esters (lactones) is 1. The maximum absolute atomic E-state index is 12.0. The summed E-state index contributed by atoms with van der Waals surface area (Å²) < 4.78 is 7.24. The summed E-state index contributed by atoms with van der Waals surface area (Å²) in [5, 5.41) is 27.9. The number of halogens is 11. The molecule has 0 saturated carbocycles. The fraction of sp³-hybridized carbons (Fsp3) is 0.324. The van der Waals surface area contributed by atoms with Crippen LogP contribution in [0.1, 0.15) is 35.9 Å². The van der Waals surface area contributed by atoms with Crippen LogP contribution in [0, 0.1) is 19.8 Å². The van der Waals surface area contributed by atoms with Crippen molar-refractivity contribution in [2.75, 3.05) is 29.0 Å². The Morgan fingerprint density at radius 1 is 0.869 bits per heavy atom. The van der Waals surface area contributed by atoms with E-state index in [2.05, 4.69) is 179 Å². The Bertz CT molecular complexity index is 2070. The number of nitrogens with zero attached hydrogens (tertiary/aromatic N) is 5. The Kier molecular flexibility index (Phi) is 42.4. The number of fused-ring (bicyclic) bond motifs is 2. The molecule has 1 fully saturated rings. The summed E-state index contributed by atoms with van der Waals surface area (Å²) in [6, 6.07) is 9.31.